The van der Waals surface area contributed by atoms with Gasteiger partial charge in [-0.3, -0.25) is 4.90 Å². The lowest BCUT2D eigenvalue weighted by Gasteiger charge is -2.33. The lowest BCUT2D eigenvalue weighted by atomic mass is 9.86. The number of esters is 1. The van der Waals surface area contributed by atoms with Crippen LogP contribution in [0.25, 0.3) is 0 Å². The van der Waals surface area contributed by atoms with Crippen molar-refractivity contribution in [3.8, 4) is 0 Å². The van der Waals surface area contributed by atoms with Crippen LogP contribution in [-0.2, 0) is 9.53 Å². The lowest BCUT2D eigenvalue weighted by molar-refractivity contribution is -0.137. The maximum absolute atomic E-state index is 11.1. The fourth-order valence-corrected chi connectivity index (χ4v) is 2.46. The minimum absolute atomic E-state index is 0.238. The highest BCUT2D eigenvalue weighted by molar-refractivity contribution is 5.81. The molecule has 0 radical (unpaired) electrons. The van der Waals surface area contributed by atoms with Gasteiger partial charge in [0.05, 0.1) is 6.61 Å². The van der Waals surface area contributed by atoms with Crippen molar-refractivity contribution in [3.05, 3.63) is 12.2 Å². The Balaban J connectivity index is 2.28. The molecular formula is C14H25NO2. The van der Waals surface area contributed by atoms with Gasteiger partial charge in [0, 0.05) is 18.7 Å². The van der Waals surface area contributed by atoms with Gasteiger partial charge in [0.25, 0.3) is 0 Å². The summed E-state index contributed by atoms with van der Waals surface area (Å²) in [5, 5.41) is 0. The SMILES string of the molecule is CCOC(=O)/C=C/CN(C)C1CCCC(C)C1. The number of carbonyl (C=O) groups is 1. The summed E-state index contributed by atoms with van der Waals surface area (Å²) < 4.78 is 4.84. The molecule has 0 heterocycles. The van der Waals surface area contributed by atoms with Crippen molar-refractivity contribution >= 4 is 5.97 Å². The quantitative estimate of drug-likeness (QED) is 0.545. The van der Waals surface area contributed by atoms with Crippen LogP contribution in [0.1, 0.15) is 39.5 Å². The van der Waals surface area contributed by atoms with Crippen molar-refractivity contribution in [2.75, 3.05) is 20.2 Å². The standard InChI is InChI=1S/C14H25NO2/c1-4-17-14(16)9-6-10-15(3)13-8-5-7-12(2)11-13/h6,9,12-13H,4-5,7-8,10-11H2,1-3H3/b9-6+. The number of carbonyl (C=O) groups excluding carboxylic acids is 1. The smallest absolute Gasteiger partial charge is 0.330 e. The molecule has 1 rings (SSSR count). The largest absolute Gasteiger partial charge is 0.463 e. The van der Waals surface area contributed by atoms with Crippen molar-refractivity contribution in [1.82, 2.24) is 4.90 Å². The Morgan fingerprint density at radius 3 is 2.88 bits per heavy atom. The Morgan fingerprint density at radius 1 is 1.47 bits per heavy atom. The molecule has 1 fully saturated rings. The number of nitrogens with zero attached hydrogens (tertiary/aromatic N) is 1. The summed E-state index contributed by atoms with van der Waals surface area (Å²) in [5.74, 6) is 0.600. The molecule has 1 aliphatic rings. The average Bonchev–Trinajstić information content (AvgIpc) is 2.29. The second-order valence-corrected chi connectivity index (χ2v) is 5.02. The van der Waals surface area contributed by atoms with Crippen molar-refractivity contribution in [2.45, 2.75) is 45.6 Å². The zero-order valence-electron chi connectivity index (χ0n) is 11.3. The van der Waals surface area contributed by atoms with Crippen LogP contribution in [0.5, 0.6) is 0 Å². The van der Waals surface area contributed by atoms with Crippen LogP contribution in [0.3, 0.4) is 0 Å². The van der Waals surface area contributed by atoms with E-state index in [9.17, 15) is 4.79 Å². The van der Waals surface area contributed by atoms with Gasteiger partial charge in [-0.1, -0.05) is 25.8 Å². The molecule has 3 nitrogen and oxygen atoms in total. The summed E-state index contributed by atoms with van der Waals surface area (Å²) in [7, 11) is 2.14. The van der Waals surface area contributed by atoms with E-state index in [1.54, 1.807) is 0 Å². The highest BCUT2D eigenvalue weighted by Crippen LogP contribution is 2.26. The molecule has 0 saturated heterocycles. The molecule has 98 valence electrons. The van der Waals surface area contributed by atoms with Crippen LogP contribution in [0.15, 0.2) is 12.2 Å². The van der Waals surface area contributed by atoms with E-state index in [4.69, 9.17) is 4.74 Å². The molecule has 0 aromatic heterocycles. The fourth-order valence-electron chi connectivity index (χ4n) is 2.46. The van der Waals surface area contributed by atoms with E-state index < -0.39 is 0 Å². The van der Waals surface area contributed by atoms with Gasteiger partial charge in [-0.2, -0.15) is 0 Å². The van der Waals surface area contributed by atoms with Gasteiger partial charge in [0.1, 0.15) is 0 Å². The Bertz CT molecular complexity index is 263. The molecule has 0 aliphatic heterocycles. The van der Waals surface area contributed by atoms with Gasteiger partial charge >= 0.3 is 5.97 Å². The van der Waals surface area contributed by atoms with E-state index in [1.165, 1.54) is 31.8 Å². The first-order valence-corrected chi connectivity index (χ1v) is 6.67. The zero-order chi connectivity index (χ0) is 12.7. The number of ether oxygens (including phenoxy) is 1. The molecule has 2 unspecified atom stereocenters. The van der Waals surface area contributed by atoms with Gasteiger partial charge in [-0.05, 0) is 32.7 Å². The Kier molecular flexibility index (Phi) is 6.27. The van der Waals surface area contributed by atoms with Crippen molar-refractivity contribution in [1.29, 1.82) is 0 Å². The molecule has 3 heteroatoms. The van der Waals surface area contributed by atoms with Crippen molar-refractivity contribution < 1.29 is 9.53 Å². The summed E-state index contributed by atoms with van der Waals surface area (Å²) >= 11 is 0. The van der Waals surface area contributed by atoms with Gasteiger partial charge in [-0.15, -0.1) is 0 Å². The molecule has 1 aliphatic carbocycles. The Hall–Kier alpha value is -0.830. The molecule has 0 amide bonds. The number of hydrogen-bond donors (Lipinski definition) is 0. The maximum Gasteiger partial charge on any atom is 0.330 e. The van der Waals surface area contributed by atoms with Gasteiger partial charge in [0.2, 0.25) is 0 Å². The first kappa shape index (κ1) is 14.2. The third-order valence-corrected chi connectivity index (χ3v) is 3.47. The van der Waals surface area contributed by atoms with Gasteiger partial charge in [0.15, 0.2) is 0 Å². The molecule has 0 bridgehead atoms. The first-order valence-electron chi connectivity index (χ1n) is 6.67. The molecule has 0 aromatic rings. The fraction of sp³-hybridized carbons (Fsp3) is 0.786. The van der Waals surface area contributed by atoms with E-state index in [1.807, 2.05) is 13.0 Å². The normalized spacial score (nSPS) is 25.4. The summed E-state index contributed by atoms with van der Waals surface area (Å²) in [4.78, 5) is 13.5. The number of hydrogen-bond acceptors (Lipinski definition) is 3. The molecule has 0 aromatic carbocycles. The van der Waals surface area contributed by atoms with Crippen LogP contribution >= 0.6 is 0 Å². The molecule has 0 spiro atoms. The molecule has 2 atom stereocenters. The van der Waals surface area contributed by atoms with E-state index in [-0.39, 0.29) is 5.97 Å². The number of rotatable bonds is 5. The van der Waals surface area contributed by atoms with Crippen LogP contribution in [-0.4, -0.2) is 37.1 Å². The zero-order valence-corrected chi connectivity index (χ0v) is 11.3. The lowest BCUT2D eigenvalue weighted by Crippen LogP contribution is -2.35. The van der Waals surface area contributed by atoms with Gasteiger partial charge < -0.3 is 4.74 Å². The second kappa shape index (κ2) is 7.49. The van der Waals surface area contributed by atoms with Crippen LogP contribution in [0, 0.1) is 5.92 Å². The van der Waals surface area contributed by atoms with Crippen LogP contribution in [0.4, 0.5) is 0 Å². The van der Waals surface area contributed by atoms with E-state index in [2.05, 4.69) is 18.9 Å². The third-order valence-electron chi connectivity index (χ3n) is 3.47. The molecule has 0 N–H and O–H groups in total. The summed E-state index contributed by atoms with van der Waals surface area (Å²) in [6.07, 6.45) is 8.70. The van der Waals surface area contributed by atoms with E-state index in [0.29, 0.717) is 12.6 Å². The third kappa shape index (κ3) is 5.35. The molecule has 17 heavy (non-hydrogen) atoms. The highest BCUT2D eigenvalue weighted by Gasteiger charge is 2.21. The summed E-state index contributed by atoms with van der Waals surface area (Å²) in [5.41, 5.74) is 0. The van der Waals surface area contributed by atoms with Crippen LogP contribution in [0.2, 0.25) is 0 Å². The monoisotopic (exact) mass is 239 g/mol. The van der Waals surface area contributed by atoms with E-state index >= 15 is 0 Å². The second-order valence-electron chi connectivity index (χ2n) is 5.02. The maximum atomic E-state index is 11.1. The summed E-state index contributed by atoms with van der Waals surface area (Å²) in [6.45, 7) is 5.42. The van der Waals surface area contributed by atoms with Crippen molar-refractivity contribution in [3.63, 3.8) is 0 Å². The number of likely N-dealkylation sites (N-methyl/N-ethyl adjacent to an activating group) is 1. The van der Waals surface area contributed by atoms with E-state index in [0.717, 1.165) is 12.5 Å². The molecular weight excluding hydrogens is 214 g/mol. The van der Waals surface area contributed by atoms with Gasteiger partial charge in [-0.25, -0.2) is 4.79 Å². The predicted molar refractivity (Wildman–Crippen MR) is 69.8 cm³/mol. The highest BCUT2D eigenvalue weighted by atomic mass is 16.5. The first-order chi connectivity index (χ1) is 8.13. The predicted octanol–water partition coefficient (Wildman–Crippen LogP) is 2.62. The Labute approximate surface area is 105 Å². The van der Waals surface area contributed by atoms with Crippen LogP contribution < -0.4 is 0 Å². The minimum atomic E-state index is -0.238. The topological polar surface area (TPSA) is 29.5 Å². The minimum Gasteiger partial charge on any atom is -0.463 e. The van der Waals surface area contributed by atoms with Crippen molar-refractivity contribution in [2.24, 2.45) is 5.92 Å². The summed E-state index contributed by atoms with van der Waals surface area (Å²) in [6, 6.07) is 0.672. The Morgan fingerprint density at radius 2 is 2.24 bits per heavy atom. The average molecular weight is 239 g/mol. The molecule has 1 saturated carbocycles.